The first-order valence-electron chi connectivity index (χ1n) is 11.0. The highest BCUT2D eigenvalue weighted by molar-refractivity contribution is 6.26. The van der Waals surface area contributed by atoms with Crippen molar-refractivity contribution < 1.29 is 28.6 Å². The Balaban J connectivity index is 1.64. The van der Waals surface area contributed by atoms with E-state index in [0.717, 1.165) is 5.70 Å². The van der Waals surface area contributed by atoms with Gasteiger partial charge in [0.25, 0.3) is 0 Å². The maximum absolute atomic E-state index is 13.5. The van der Waals surface area contributed by atoms with Crippen LogP contribution in [0.5, 0.6) is 0 Å². The van der Waals surface area contributed by atoms with Crippen molar-refractivity contribution in [3.05, 3.63) is 83.5 Å². The molecule has 2 aliphatic rings. The summed E-state index contributed by atoms with van der Waals surface area (Å²) in [5.74, 6) is -2.14. The number of allylic oxidation sites excluding steroid dienone is 3. The molecule has 0 radical (unpaired) electrons. The first-order chi connectivity index (χ1) is 16.9. The number of carbonyl (C=O) groups excluding carboxylic acids is 3. The number of carbonyl (C=O) groups is 3. The first kappa shape index (κ1) is 24.2. The monoisotopic (exact) mass is 475 g/mol. The Morgan fingerprint density at radius 3 is 2.63 bits per heavy atom. The minimum atomic E-state index is -2.02. The van der Waals surface area contributed by atoms with Gasteiger partial charge >= 0.3 is 5.97 Å². The maximum atomic E-state index is 13.5. The lowest BCUT2D eigenvalue weighted by atomic mass is 9.79. The van der Waals surface area contributed by atoms with Crippen molar-refractivity contribution in [1.82, 2.24) is 14.9 Å². The van der Waals surface area contributed by atoms with Crippen LogP contribution in [0.15, 0.2) is 77.8 Å². The number of hydrogen-bond acceptors (Lipinski definition) is 9. The average Bonchev–Trinajstić information content (AvgIpc) is 2.86. The van der Waals surface area contributed by atoms with Crippen LogP contribution in [0.4, 0.5) is 0 Å². The van der Waals surface area contributed by atoms with Gasteiger partial charge in [0.1, 0.15) is 0 Å². The molecule has 0 saturated carbocycles. The molecule has 9 nitrogen and oxygen atoms in total. The molecule has 1 aliphatic carbocycles. The van der Waals surface area contributed by atoms with Gasteiger partial charge in [-0.3, -0.25) is 14.6 Å². The molecule has 0 amide bonds. The molecule has 2 aromatic rings. The van der Waals surface area contributed by atoms with Gasteiger partial charge in [0, 0.05) is 38.2 Å². The van der Waals surface area contributed by atoms with Crippen molar-refractivity contribution in [3.63, 3.8) is 0 Å². The summed E-state index contributed by atoms with van der Waals surface area (Å²) < 4.78 is 15.7. The molecular weight excluding hydrogens is 450 g/mol. The second-order valence-electron chi connectivity index (χ2n) is 8.12. The largest absolute Gasteiger partial charge is 0.438 e. The molecule has 0 N–H and O–H groups in total. The van der Waals surface area contributed by atoms with Gasteiger partial charge in [-0.25, -0.2) is 9.78 Å². The van der Waals surface area contributed by atoms with Crippen molar-refractivity contribution in [2.75, 3.05) is 34.0 Å². The SMILES string of the molecule is COC/C=C/C1=CC2=CC(=O)C(C)(OC(=O)c3cnc4ccccc4n3)C(=O)C2=CN1CCOC. The Labute approximate surface area is 202 Å². The van der Waals surface area contributed by atoms with Crippen LogP contribution in [0, 0.1) is 0 Å². The summed E-state index contributed by atoms with van der Waals surface area (Å²) in [4.78, 5) is 49.7. The first-order valence-corrected chi connectivity index (χ1v) is 11.0. The van der Waals surface area contributed by atoms with Gasteiger partial charge in [-0.05, 0) is 42.9 Å². The molecule has 1 aromatic carbocycles. The predicted molar refractivity (Wildman–Crippen MR) is 127 cm³/mol. The average molecular weight is 476 g/mol. The van der Waals surface area contributed by atoms with Gasteiger partial charge in [-0.2, -0.15) is 0 Å². The number of nitrogens with zero attached hydrogens (tertiary/aromatic N) is 3. The smallest absolute Gasteiger partial charge is 0.360 e. The molecule has 1 aliphatic heterocycles. The summed E-state index contributed by atoms with van der Waals surface area (Å²) in [6.45, 7) is 2.60. The molecule has 9 heteroatoms. The Bertz CT molecular complexity index is 1310. The topological polar surface area (TPSA) is 108 Å². The Morgan fingerprint density at radius 1 is 1.11 bits per heavy atom. The number of methoxy groups -OCH3 is 2. The molecule has 0 saturated heterocycles. The van der Waals surface area contributed by atoms with E-state index in [9.17, 15) is 14.4 Å². The number of aromatic nitrogens is 2. The van der Waals surface area contributed by atoms with E-state index in [1.165, 1.54) is 19.2 Å². The zero-order chi connectivity index (χ0) is 25.0. The molecule has 1 aromatic heterocycles. The van der Waals surface area contributed by atoms with Crippen LogP contribution in [-0.2, 0) is 23.8 Å². The van der Waals surface area contributed by atoms with Crippen molar-refractivity contribution in [2.24, 2.45) is 0 Å². The quantitative estimate of drug-likeness (QED) is 0.420. The van der Waals surface area contributed by atoms with E-state index < -0.39 is 23.1 Å². The summed E-state index contributed by atoms with van der Waals surface area (Å²) in [6, 6.07) is 7.04. The minimum absolute atomic E-state index is 0.0925. The van der Waals surface area contributed by atoms with Crippen LogP contribution in [0.2, 0.25) is 0 Å². The third kappa shape index (κ3) is 4.82. The van der Waals surface area contributed by atoms with Crippen molar-refractivity contribution in [3.8, 4) is 0 Å². The van der Waals surface area contributed by atoms with E-state index in [4.69, 9.17) is 14.2 Å². The summed E-state index contributed by atoms with van der Waals surface area (Å²) in [6.07, 6.45) is 9.64. The molecule has 0 bridgehead atoms. The molecule has 1 atom stereocenters. The van der Waals surface area contributed by atoms with Crippen molar-refractivity contribution >= 4 is 28.6 Å². The lowest BCUT2D eigenvalue weighted by molar-refractivity contribution is -0.145. The number of para-hydroxylation sites is 2. The number of ether oxygens (including phenoxy) is 3. The number of benzene rings is 1. The van der Waals surface area contributed by atoms with Gasteiger partial charge in [0.05, 0.1) is 30.4 Å². The van der Waals surface area contributed by atoms with Gasteiger partial charge in [0.2, 0.25) is 17.2 Å². The van der Waals surface area contributed by atoms with Crippen LogP contribution in [0.1, 0.15) is 17.4 Å². The molecule has 180 valence electrons. The van der Waals surface area contributed by atoms with Crippen LogP contribution in [0.3, 0.4) is 0 Å². The molecule has 0 spiro atoms. The van der Waals surface area contributed by atoms with Crippen LogP contribution >= 0.6 is 0 Å². The summed E-state index contributed by atoms with van der Waals surface area (Å²) in [5, 5.41) is 0. The van der Waals surface area contributed by atoms with Gasteiger partial charge in [0.15, 0.2) is 5.69 Å². The number of esters is 1. The highest BCUT2D eigenvalue weighted by Gasteiger charge is 2.49. The van der Waals surface area contributed by atoms with Crippen molar-refractivity contribution in [1.29, 1.82) is 0 Å². The van der Waals surface area contributed by atoms with E-state index >= 15 is 0 Å². The zero-order valence-corrected chi connectivity index (χ0v) is 19.7. The standard InChI is InChI=1S/C26H25N3O6/c1-26(35-25(32)22-15-27-20-8-4-5-9-21(20)28-22)23(30)14-17-13-18(7-6-11-33-2)29(10-12-34-3)16-19(17)24(26)31/h4-9,13-16H,10-12H2,1-3H3/b7-6+. The second kappa shape index (κ2) is 10.1. The number of ketones is 2. The summed E-state index contributed by atoms with van der Waals surface area (Å²) in [7, 11) is 3.18. The van der Waals surface area contributed by atoms with E-state index in [0.29, 0.717) is 36.4 Å². The van der Waals surface area contributed by atoms with E-state index in [2.05, 4.69) is 9.97 Å². The van der Waals surface area contributed by atoms with E-state index in [1.54, 1.807) is 50.8 Å². The fourth-order valence-corrected chi connectivity index (χ4v) is 3.76. The summed E-state index contributed by atoms with van der Waals surface area (Å²) in [5.41, 5.74) is 0.474. The van der Waals surface area contributed by atoms with E-state index in [-0.39, 0.29) is 11.3 Å². The lowest BCUT2D eigenvalue weighted by Gasteiger charge is -2.34. The van der Waals surface area contributed by atoms with Crippen molar-refractivity contribution in [2.45, 2.75) is 12.5 Å². The maximum Gasteiger partial charge on any atom is 0.360 e. The number of fused-ring (bicyclic) bond motifs is 2. The predicted octanol–water partition coefficient (Wildman–Crippen LogP) is 2.56. The fourth-order valence-electron chi connectivity index (χ4n) is 3.76. The lowest BCUT2D eigenvalue weighted by Crippen LogP contribution is -2.51. The molecule has 35 heavy (non-hydrogen) atoms. The number of rotatable bonds is 8. The Morgan fingerprint density at radius 2 is 1.89 bits per heavy atom. The Kier molecular flexibility index (Phi) is 6.99. The van der Waals surface area contributed by atoms with Crippen LogP contribution in [-0.4, -0.2) is 72.0 Å². The number of hydrogen-bond donors (Lipinski definition) is 0. The third-order valence-corrected chi connectivity index (χ3v) is 5.71. The van der Waals surface area contributed by atoms with Gasteiger partial charge < -0.3 is 19.1 Å². The third-order valence-electron chi connectivity index (χ3n) is 5.71. The molecule has 1 unspecified atom stereocenters. The Hall–Kier alpha value is -3.95. The minimum Gasteiger partial charge on any atom is -0.438 e. The van der Waals surface area contributed by atoms with Crippen LogP contribution in [0.25, 0.3) is 11.0 Å². The molecule has 2 heterocycles. The van der Waals surface area contributed by atoms with Crippen LogP contribution < -0.4 is 0 Å². The second-order valence-corrected chi connectivity index (χ2v) is 8.12. The highest BCUT2D eigenvalue weighted by Crippen LogP contribution is 2.34. The number of Topliss-reactive ketones (excluding diaryl/α,β-unsaturated/α-hetero) is 1. The molecule has 4 rings (SSSR count). The van der Waals surface area contributed by atoms with Gasteiger partial charge in [-0.15, -0.1) is 0 Å². The zero-order valence-electron chi connectivity index (χ0n) is 19.7. The molecular formula is C26H25N3O6. The normalized spacial score (nSPS) is 20.0. The van der Waals surface area contributed by atoms with Gasteiger partial charge in [-0.1, -0.05) is 18.2 Å². The molecule has 0 fully saturated rings. The summed E-state index contributed by atoms with van der Waals surface area (Å²) >= 11 is 0. The fraction of sp³-hybridized carbons (Fsp3) is 0.269. The highest BCUT2D eigenvalue weighted by atomic mass is 16.6. The van der Waals surface area contributed by atoms with E-state index in [1.807, 2.05) is 17.1 Å².